The molecular formula is C25H29N5O6. The predicted octanol–water partition coefficient (Wildman–Crippen LogP) is 2.60. The van der Waals surface area contributed by atoms with Crippen molar-refractivity contribution in [2.24, 2.45) is 0 Å². The van der Waals surface area contributed by atoms with Crippen molar-refractivity contribution in [1.82, 2.24) is 15.5 Å². The number of para-hydroxylation sites is 2. The molecule has 2 amide bonds. The second kappa shape index (κ2) is 11.1. The molecular weight excluding hydrogens is 466 g/mol. The maximum absolute atomic E-state index is 13.0. The SMILES string of the molecule is CCOC(=O)C1=C(CN2CCN(c3ccccc3OC)CC2)NC(=O)N[C@@H]1c1ccc([N+](=O)[O-])cc1. The van der Waals surface area contributed by atoms with Crippen LogP contribution in [-0.4, -0.2) is 68.3 Å². The van der Waals surface area contributed by atoms with Crippen molar-refractivity contribution in [3.63, 3.8) is 0 Å². The molecule has 190 valence electrons. The Kier molecular flexibility index (Phi) is 7.69. The fourth-order valence-electron chi connectivity index (χ4n) is 4.49. The summed E-state index contributed by atoms with van der Waals surface area (Å²) in [6.45, 7) is 5.16. The maximum Gasteiger partial charge on any atom is 0.338 e. The highest BCUT2D eigenvalue weighted by atomic mass is 16.6. The molecule has 11 heteroatoms. The van der Waals surface area contributed by atoms with Crippen LogP contribution in [0.2, 0.25) is 0 Å². The number of benzene rings is 2. The summed E-state index contributed by atoms with van der Waals surface area (Å²) in [6.07, 6.45) is 0. The number of hydrogen-bond donors (Lipinski definition) is 2. The highest BCUT2D eigenvalue weighted by Gasteiger charge is 2.35. The van der Waals surface area contributed by atoms with Crippen molar-refractivity contribution in [3.8, 4) is 5.75 Å². The van der Waals surface area contributed by atoms with E-state index in [1.807, 2.05) is 24.3 Å². The van der Waals surface area contributed by atoms with Gasteiger partial charge in [0.2, 0.25) is 0 Å². The number of hydrogen-bond acceptors (Lipinski definition) is 8. The molecule has 0 aliphatic carbocycles. The van der Waals surface area contributed by atoms with Gasteiger partial charge in [0.15, 0.2) is 0 Å². The molecule has 4 rings (SSSR count). The minimum Gasteiger partial charge on any atom is -0.495 e. The summed E-state index contributed by atoms with van der Waals surface area (Å²) in [5.74, 6) is 0.269. The van der Waals surface area contributed by atoms with Crippen LogP contribution in [0, 0.1) is 10.1 Å². The van der Waals surface area contributed by atoms with Crippen LogP contribution >= 0.6 is 0 Å². The van der Waals surface area contributed by atoms with E-state index in [2.05, 4.69) is 20.4 Å². The number of nitro groups is 1. The van der Waals surface area contributed by atoms with Gasteiger partial charge < -0.3 is 25.0 Å². The van der Waals surface area contributed by atoms with E-state index in [-0.39, 0.29) is 17.9 Å². The number of piperazine rings is 1. The molecule has 2 aliphatic heterocycles. The maximum atomic E-state index is 13.0. The normalized spacial score (nSPS) is 18.3. The van der Waals surface area contributed by atoms with Gasteiger partial charge in [-0.25, -0.2) is 9.59 Å². The summed E-state index contributed by atoms with van der Waals surface area (Å²) in [4.78, 5) is 40.5. The second-order valence-corrected chi connectivity index (χ2v) is 8.43. The van der Waals surface area contributed by atoms with Crippen LogP contribution in [0.3, 0.4) is 0 Å². The number of methoxy groups -OCH3 is 1. The number of rotatable bonds is 8. The number of nitrogens with one attached hydrogen (secondary N) is 2. The van der Waals surface area contributed by atoms with Gasteiger partial charge in [-0.3, -0.25) is 15.0 Å². The first kappa shape index (κ1) is 25.0. The van der Waals surface area contributed by atoms with Gasteiger partial charge in [0.25, 0.3) is 5.69 Å². The zero-order valence-electron chi connectivity index (χ0n) is 20.2. The molecule has 11 nitrogen and oxygen atoms in total. The van der Waals surface area contributed by atoms with E-state index < -0.39 is 23.0 Å². The Bertz CT molecular complexity index is 1160. The third-order valence-corrected chi connectivity index (χ3v) is 6.27. The number of amides is 2. The molecule has 2 aliphatic rings. The van der Waals surface area contributed by atoms with Crippen LogP contribution < -0.4 is 20.3 Å². The van der Waals surface area contributed by atoms with Gasteiger partial charge in [-0.15, -0.1) is 0 Å². The van der Waals surface area contributed by atoms with Gasteiger partial charge in [0.05, 0.1) is 35.9 Å². The summed E-state index contributed by atoms with van der Waals surface area (Å²) < 4.78 is 10.8. The first-order chi connectivity index (χ1) is 17.4. The van der Waals surface area contributed by atoms with E-state index >= 15 is 0 Å². The van der Waals surface area contributed by atoms with E-state index in [0.717, 1.165) is 24.5 Å². The lowest BCUT2D eigenvalue weighted by atomic mass is 9.94. The van der Waals surface area contributed by atoms with E-state index in [1.54, 1.807) is 14.0 Å². The van der Waals surface area contributed by atoms with Crippen LogP contribution in [0.4, 0.5) is 16.2 Å². The van der Waals surface area contributed by atoms with E-state index in [0.29, 0.717) is 30.9 Å². The monoisotopic (exact) mass is 495 g/mol. The summed E-state index contributed by atoms with van der Waals surface area (Å²) >= 11 is 0. The Balaban J connectivity index is 1.56. The lowest BCUT2D eigenvalue weighted by Crippen LogP contribution is -2.51. The number of esters is 1. The molecule has 2 N–H and O–H groups in total. The highest BCUT2D eigenvalue weighted by Crippen LogP contribution is 2.31. The minimum atomic E-state index is -0.788. The average Bonchev–Trinajstić information content (AvgIpc) is 2.89. The van der Waals surface area contributed by atoms with E-state index in [4.69, 9.17) is 9.47 Å². The zero-order valence-corrected chi connectivity index (χ0v) is 20.2. The first-order valence-electron chi connectivity index (χ1n) is 11.7. The molecule has 0 aromatic heterocycles. The van der Waals surface area contributed by atoms with Gasteiger partial charge in [0, 0.05) is 50.6 Å². The smallest absolute Gasteiger partial charge is 0.338 e. The summed E-state index contributed by atoms with van der Waals surface area (Å²) in [6, 6.07) is 12.4. The van der Waals surface area contributed by atoms with Crippen LogP contribution in [0.1, 0.15) is 18.5 Å². The van der Waals surface area contributed by atoms with Crippen molar-refractivity contribution < 1.29 is 24.0 Å². The summed E-state index contributed by atoms with van der Waals surface area (Å²) in [7, 11) is 1.65. The Labute approximate surface area is 208 Å². The first-order valence-corrected chi connectivity index (χ1v) is 11.7. The number of carbonyl (C=O) groups excluding carboxylic acids is 2. The third kappa shape index (κ3) is 5.41. The summed E-state index contributed by atoms with van der Waals surface area (Å²) in [5.41, 5.74) is 2.26. The molecule has 2 aromatic carbocycles. The molecule has 0 bridgehead atoms. The molecule has 0 radical (unpaired) electrons. The third-order valence-electron chi connectivity index (χ3n) is 6.27. The Morgan fingerprint density at radius 2 is 1.81 bits per heavy atom. The van der Waals surface area contributed by atoms with Crippen LogP contribution in [0.15, 0.2) is 59.8 Å². The van der Waals surface area contributed by atoms with Crippen LogP contribution in [-0.2, 0) is 9.53 Å². The predicted molar refractivity (Wildman–Crippen MR) is 133 cm³/mol. The van der Waals surface area contributed by atoms with Gasteiger partial charge in [-0.2, -0.15) is 0 Å². The number of ether oxygens (including phenoxy) is 2. The van der Waals surface area contributed by atoms with Gasteiger partial charge in [-0.05, 0) is 36.8 Å². The number of urea groups is 1. The zero-order chi connectivity index (χ0) is 25.7. The largest absolute Gasteiger partial charge is 0.495 e. The van der Waals surface area contributed by atoms with Gasteiger partial charge in [-0.1, -0.05) is 12.1 Å². The van der Waals surface area contributed by atoms with Crippen molar-refractivity contribution in [1.29, 1.82) is 0 Å². The molecule has 2 heterocycles. The number of nitrogens with zero attached hydrogens (tertiary/aromatic N) is 3. The number of anilines is 1. The standard InChI is InChI=1S/C25H29N5O6/c1-3-36-24(31)22-19(26-25(32)27-23(22)17-8-10-18(11-9-17)30(33)34)16-28-12-14-29(15-13-28)20-6-4-5-7-21(20)35-2/h4-11,23H,3,12-16H2,1-2H3,(H2,26,27,32)/t23-/m1/s1. The molecule has 2 aromatic rings. The van der Waals surface area contributed by atoms with Crippen molar-refractivity contribution in [2.75, 3.05) is 51.3 Å². The molecule has 0 unspecified atom stereocenters. The fourth-order valence-corrected chi connectivity index (χ4v) is 4.49. The van der Waals surface area contributed by atoms with Crippen LogP contribution in [0.25, 0.3) is 0 Å². The molecule has 1 atom stereocenters. The molecule has 0 spiro atoms. The van der Waals surface area contributed by atoms with Gasteiger partial charge >= 0.3 is 12.0 Å². The molecule has 1 fully saturated rings. The van der Waals surface area contributed by atoms with E-state index in [9.17, 15) is 19.7 Å². The van der Waals surface area contributed by atoms with Crippen molar-refractivity contribution in [3.05, 3.63) is 75.5 Å². The fraction of sp³-hybridized carbons (Fsp3) is 0.360. The lowest BCUT2D eigenvalue weighted by Gasteiger charge is -2.38. The van der Waals surface area contributed by atoms with Crippen molar-refractivity contribution >= 4 is 23.4 Å². The number of non-ortho nitro benzene ring substituents is 1. The highest BCUT2D eigenvalue weighted by molar-refractivity contribution is 5.95. The Hall–Kier alpha value is -4.12. The quantitative estimate of drug-likeness (QED) is 0.325. The second-order valence-electron chi connectivity index (χ2n) is 8.43. The van der Waals surface area contributed by atoms with Crippen molar-refractivity contribution in [2.45, 2.75) is 13.0 Å². The Morgan fingerprint density at radius 1 is 1.11 bits per heavy atom. The minimum absolute atomic E-state index is 0.0752. The lowest BCUT2D eigenvalue weighted by molar-refractivity contribution is -0.384. The average molecular weight is 496 g/mol. The number of carbonyl (C=O) groups is 2. The molecule has 36 heavy (non-hydrogen) atoms. The molecule has 1 saturated heterocycles. The molecule has 0 saturated carbocycles. The summed E-state index contributed by atoms with van der Waals surface area (Å²) in [5, 5.41) is 16.6. The van der Waals surface area contributed by atoms with Crippen LogP contribution in [0.5, 0.6) is 5.75 Å². The van der Waals surface area contributed by atoms with E-state index in [1.165, 1.54) is 24.3 Å². The Morgan fingerprint density at radius 3 is 2.44 bits per heavy atom. The van der Waals surface area contributed by atoms with Gasteiger partial charge in [0.1, 0.15) is 5.75 Å². The topological polar surface area (TPSA) is 126 Å². The number of nitro benzene ring substituents is 1.